The average molecular weight is 264 g/mol. The van der Waals surface area contributed by atoms with Crippen LogP contribution in [0.3, 0.4) is 0 Å². The molecule has 106 valence electrons. The Balaban J connectivity index is 1.75. The quantitative estimate of drug-likeness (QED) is 0.812. The van der Waals surface area contributed by atoms with Crippen LogP contribution in [0.15, 0.2) is 24.3 Å². The first-order chi connectivity index (χ1) is 9.19. The second kappa shape index (κ2) is 6.89. The van der Waals surface area contributed by atoms with E-state index in [1.807, 2.05) is 24.3 Å². The summed E-state index contributed by atoms with van der Waals surface area (Å²) in [7, 11) is 3.80. The van der Waals surface area contributed by atoms with E-state index in [1.165, 1.54) is 13.0 Å². The number of aliphatic hydroxyl groups is 1. The Morgan fingerprint density at radius 3 is 3.05 bits per heavy atom. The summed E-state index contributed by atoms with van der Waals surface area (Å²) in [6.07, 6.45) is 0.771. The molecule has 0 bridgehead atoms. The lowest BCUT2D eigenvalue weighted by Gasteiger charge is -2.15. The molecule has 19 heavy (non-hydrogen) atoms. The average Bonchev–Trinajstić information content (AvgIpc) is 2.84. The lowest BCUT2D eigenvalue weighted by molar-refractivity contribution is 0.172. The molecule has 2 atom stereocenters. The molecule has 4 heteroatoms. The van der Waals surface area contributed by atoms with E-state index in [-0.39, 0.29) is 0 Å². The van der Waals surface area contributed by atoms with E-state index in [0.717, 1.165) is 24.4 Å². The van der Waals surface area contributed by atoms with Gasteiger partial charge in [-0.3, -0.25) is 0 Å². The summed E-state index contributed by atoms with van der Waals surface area (Å²) >= 11 is 0. The molecule has 1 aromatic rings. The molecular formula is C15H24N2O2. The van der Waals surface area contributed by atoms with Gasteiger partial charge in [-0.1, -0.05) is 12.1 Å². The van der Waals surface area contributed by atoms with E-state index in [0.29, 0.717) is 12.5 Å². The Kier molecular flexibility index (Phi) is 5.19. The van der Waals surface area contributed by atoms with Crippen molar-refractivity contribution in [1.29, 1.82) is 0 Å². The van der Waals surface area contributed by atoms with Crippen molar-refractivity contribution in [2.24, 2.45) is 5.92 Å². The van der Waals surface area contributed by atoms with E-state index < -0.39 is 6.10 Å². The Morgan fingerprint density at radius 1 is 1.53 bits per heavy atom. The van der Waals surface area contributed by atoms with Crippen LogP contribution in [0.4, 0.5) is 0 Å². The zero-order valence-electron chi connectivity index (χ0n) is 11.8. The normalized spacial score (nSPS) is 21.5. The summed E-state index contributed by atoms with van der Waals surface area (Å²) in [4.78, 5) is 2.35. The summed E-state index contributed by atoms with van der Waals surface area (Å²) in [5.74, 6) is 1.50. The van der Waals surface area contributed by atoms with Gasteiger partial charge in [-0.05, 0) is 50.2 Å². The van der Waals surface area contributed by atoms with Crippen molar-refractivity contribution in [2.75, 3.05) is 40.3 Å². The first-order valence-corrected chi connectivity index (χ1v) is 6.90. The van der Waals surface area contributed by atoms with Crippen LogP contribution in [-0.4, -0.2) is 50.3 Å². The fourth-order valence-corrected chi connectivity index (χ4v) is 2.58. The minimum absolute atomic E-state index is 0.478. The van der Waals surface area contributed by atoms with Crippen LogP contribution in [0, 0.1) is 5.92 Å². The molecule has 1 heterocycles. The number of nitrogens with one attached hydrogen (secondary N) is 1. The highest BCUT2D eigenvalue weighted by Gasteiger charge is 2.19. The third kappa shape index (κ3) is 4.20. The van der Waals surface area contributed by atoms with Crippen molar-refractivity contribution in [1.82, 2.24) is 10.2 Å². The molecule has 0 saturated carbocycles. The molecule has 0 aromatic heterocycles. The number of benzene rings is 1. The van der Waals surface area contributed by atoms with Crippen LogP contribution < -0.4 is 10.1 Å². The van der Waals surface area contributed by atoms with Crippen LogP contribution in [0.5, 0.6) is 5.75 Å². The number of hydrogen-bond donors (Lipinski definition) is 2. The van der Waals surface area contributed by atoms with Gasteiger partial charge in [-0.25, -0.2) is 0 Å². The number of nitrogens with zero attached hydrogens (tertiary/aromatic N) is 1. The topological polar surface area (TPSA) is 44.7 Å². The number of ether oxygens (including phenoxy) is 1. The van der Waals surface area contributed by atoms with E-state index >= 15 is 0 Å². The maximum atomic E-state index is 10.1. The Bertz CT molecular complexity index is 397. The van der Waals surface area contributed by atoms with E-state index in [2.05, 4.69) is 17.3 Å². The van der Waals surface area contributed by atoms with Gasteiger partial charge in [0.05, 0.1) is 13.2 Å². The smallest absolute Gasteiger partial charge is 0.119 e. The van der Waals surface area contributed by atoms with Crippen molar-refractivity contribution in [3.8, 4) is 5.75 Å². The Hall–Kier alpha value is -1.10. The lowest BCUT2D eigenvalue weighted by atomic mass is 10.1. The van der Waals surface area contributed by atoms with E-state index in [4.69, 9.17) is 4.74 Å². The highest BCUT2D eigenvalue weighted by Crippen LogP contribution is 2.19. The van der Waals surface area contributed by atoms with Gasteiger partial charge in [0, 0.05) is 13.1 Å². The third-order valence-electron chi connectivity index (χ3n) is 3.74. The molecule has 2 rings (SSSR count). The predicted octanol–water partition coefficient (Wildman–Crippen LogP) is 1.27. The summed E-state index contributed by atoms with van der Waals surface area (Å²) in [6, 6.07) is 7.61. The number of methoxy groups -OCH3 is 1. The lowest BCUT2D eigenvalue weighted by Crippen LogP contribution is -2.28. The first-order valence-electron chi connectivity index (χ1n) is 6.90. The van der Waals surface area contributed by atoms with Crippen molar-refractivity contribution in [2.45, 2.75) is 12.5 Å². The molecule has 0 aliphatic carbocycles. The van der Waals surface area contributed by atoms with Gasteiger partial charge in [-0.15, -0.1) is 0 Å². The zero-order valence-corrected chi connectivity index (χ0v) is 11.8. The van der Waals surface area contributed by atoms with Crippen molar-refractivity contribution in [3.05, 3.63) is 29.8 Å². The minimum atomic E-state index is -0.478. The van der Waals surface area contributed by atoms with Crippen LogP contribution in [0.25, 0.3) is 0 Å². The molecular weight excluding hydrogens is 240 g/mol. The summed E-state index contributed by atoms with van der Waals surface area (Å²) in [5.41, 5.74) is 0.899. The van der Waals surface area contributed by atoms with Crippen LogP contribution in [0.1, 0.15) is 18.1 Å². The van der Waals surface area contributed by atoms with Gasteiger partial charge in [-0.2, -0.15) is 0 Å². The van der Waals surface area contributed by atoms with Gasteiger partial charge >= 0.3 is 0 Å². The monoisotopic (exact) mass is 264 g/mol. The Labute approximate surface area is 115 Å². The number of rotatable bonds is 6. The molecule has 1 aromatic carbocycles. The molecule has 1 aliphatic heterocycles. The second-order valence-electron chi connectivity index (χ2n) is 5.37. The van der Waals surface area contributed by atoms with Gasteiger partial charge in [0.25, 0.3) is 0 Å². The first kappa shape index (κ1) is 14.3. The molecule has 1 aliphatic rings. The molecule has 0 radical (unpaired) electrons. The Morgan fingerprint density at radius 2 is 2.37 bits per heavy atom. The summed E-state index contributed by atoms with van der Waals surface area (Å²) in [5, 5.41) is 13.5. The van der Waals surface area contributed by atoms with E-state index in [1.54, 1.807) is 7.11 Å². The van der Waals surface area contributed by atoms with E-state index in [9.17, 15) is 5.11 Å². The maximum absolute atomic E-state index is 10.1. The predicted molar refractivity (Wildman–Crippen MR) is 76.4 cm³/mol. The summed E-state index contributed by atoms with van der Waals surface area (Å²) in [6.45, 7) is 3.91. The molecule has 0 amide bonds. The van der Waals surface area contributed by atoms with Gasteiger partial charge in [0.1, 0.15) is 5.75 Å². The maximum Gasteiger partial charge on any atom is 0.119 e. The van der Waals surface area contributed by atoms with Crippen molar-refractivity contribution in [3.63, 3.8) is 0 Å². The number of likely N-dealkylation sites (tertiary alicyclic amines) is 1. The van der Waals surface area contributed by atoms with Crippen LogP contribution >= 0.6 is 0 Å². The van der Waals surface area contributed by atoms with Gasteiger partial charge < -0.3 is 20.1 Å². The SMILES string of the molecule is COc1cccc(C(O)CNCC2CCN(C)C2)c1. The largest absolute Gasteiger partial charge is 0.497 e. The van der Waals surface area contributed by atoms with Crippen molar-refractivity contribution < 1.29 is 9.84 Å². The van der Waals surface area contributed by atoms with Gasteiger partial charge in [0.2, 0.25) is 0 Å². The van der Waals surface area contributed by atoms with Crippen LogP contribution in [-0.2, 0) is 0 Å². The fraction of sp³-hybridized carbons (Fsp3) is 0.600. The molecule has 0 spiro atoms. The van der Waals surface area contributed by atoms with Crippen molar-refractivity contribution >= 4 is 0 Å². The molecule has 1 fully saturated rings. The van der Waals surface area contributed by atoms with Crippen LogP contribution in [0.2, 0.25) is 0 Å². The second-order valence-corrected chi connectivity index (χ2v) is 5.37. The van der Waals surface area contributed by atoms with Gasteiger partial charge in [0.15, 0.2) is 0 Å². The molecule has 4 nitrogen and oxygen atoms in total. The third-order valence-corrected chi connectivity index (χ3v) is 3.74. The zero-order chi connectivity index (χ0) is 13.7. The molecule has 2 N–H and O–H groups in total. The highest BCUT2D eigenvalue weighted by atomic mass is 16.5. The standard InChI is InChI=1S/C15H24N2O2/c1-17-7-6-12(11-17)9-16-10-15(18)13-4-3-5-14(8-13)19-2/h3-5,8,12,15-16,18H,6-7,9-11H2,1-2H3. The minimum Gasteiger partial charge on any atom is -0.497 e. The number of hydrogen-bond acceptors (Lipinski definition) is 4. The summed E-state index contributed by atoms with van der Waals surface area (Å²) < 4.78 is 5.17. The highest BCUT2D eigenvalue weighted by molar-refractivity contribution is 5.29. The molecule has 2 unspecified atom stereocenters. The fourth-order valence-electron chi connectivity index (χ4n) is 2.58. The molecule has 1 saturated heterocycles. The number of aliphatic hydroxyl groups excluding tert-OH is 1.